The minimum atomic E-state index is -0.794. The molecule has 4 nitrogen and oxygen atoms in total. The minimum Gasteiger partial charge on any atom is -0.465 e. The van der Waals surface area contributed by atoms with Crippen molar-refractivity contribution in [2.45, 2.75) is 38.6 Å². The van der Waals surface area contributed by atoms with Crippen LogP contribution in [0.4, 0.5) is 4.79 Å². The molecule has 2 aliphatic heterocycles. The number of aromatic nitrogens is 1. The summed E-state index contributed by atoms with van der Waals surface area (Å²) >= 11 is 0. The van der Waals surface area contributed by atoms with Gasteiger partial charge < -0.3 is 14.6 Å². The van der Waals surface area contributed by atoms with Crippen LogP contribution < -0.4 is 0 Å². The molecule has 0 aliphatic carbocycles. The first kappa shape index (κ1) is 12.7. The lowest BCUT2D eigenvalue weighted by molar-refractivity contribution is 0.147. The van der Waals surface area contributed by atoms with Gasteiger partial charge in [-0.05, 0) is 29.9 Å². The van der Waals surface area contributed by atoms with E-state index < -0.39 is 6.09 Å². The van der Waals surface area contributed by atoms with Crippen molar-refractivity contribution < 1.29 is 9.90 Å². The summed E-state index contributed by atoms with van der Waals surface area (Å²) in [5, 5.41) is 10.6. The monoisotopic (exact) mass is 284 g/mol. The van der Waals surface area contributed by atoms with Gasteiger partial charge in [-0.2, -0.15) is 0 Å². The van der Waals surface area contributed by atoms with Gasteiger partial charge in [0.05, 0.1) is 5.52 Å². The quantitative estimate of drug-likeness (QED) is 0.807. The Kier molecular flexibility index (Phi) is 2.74. The summed E-state index contributed by atoms with van der Waals surface area (Å²) in [5.74, 6) is 0.621. The van der Waals surface area contributed by atoms with Gasteiger partial charge >= 0.3 is 6.09 Å². The lowest BCUT2D eigenvalue weighted by atomic mass is 9.93. The maximum absolute atomic E-state index is 11.2. The largest absolute Gasteiger partial charge is 0.465 e. The highest BCUT2D eigenvalue weighted by atomic mass is 16.4. The molecule has 21 heavy (non-hydrogen) atoms. The molecule has 110 valence electrons. The van der Waals surface area contributed by atoms with Crippen molar-refractivity contribution in [2.24, 2.45) is 0 Å². The van der Waals surface area contributed by atoms with Crippen LogP contribution in [0, 0.1) is 0 Å². The number of rotatable bonds is 0. The third kappa shape index (κ3) is 1.78. The summed E-state index contributed by atoms with van der Waals surface area (Å²) < 4.78 is 2.46. The zero-order chi connectivity index (χ0) is 14.6. The molecule has 0 saturated carbocycles. The molecular formula is C17H20N2O2. The van der Waals surface area contributed by atoms with Crippen LogP contribution in [0.5, 0.6) is 0 Å². The topological polar surface area (TPSA) is 45.5 Å². The summed E-state index contributed by atoms with van der Waals surface area (Å²) in [5.41, 5.74) is 5.62. The lowest BCUT2D eigenvalue weighted by Gasteiger charge is -2.24. The average Bonchev–Trinajstić information content (AvgIpc) is 2.65. The van der Waals surface area contributed by atoms with E-state index in [1.807, 2.05) is 0 Å². The predicted octanol–water partition coefficient (Wildman–Crippen LogP) is 3.23. The fourth-order valence-electron chi connectivity index (χ4n) is 4.04. The molecule has 1 unspecified atom stereocenters. The number of benzene rings is 1. The van der Waals surface area contributed by atoms with Crippen molar-refractivity contribution >= 4 is 17.0 Å². The Morgan fingerprint density at radius 2 is 2.05 bits per heavy atom. The molecule has 0 saturated heterocycles. The van der Waals surface area contributed by atoms with Crippen molar-refractivity contribution in [3.8, 4) is 0 Å². The van der Waals surface area contributed by atoms with E-state index in [0.29, 0.717) is 19.0 Å². The van der Waals surface area contributed by atoms with Gasteiger partial charge in [-0.3, -0.25) is 0 Å². The second kappa shape index (κ2) is 4.52. The number of aryl methyl sites for hydroxylation is 1. The van der Waals surface area contributed by atoms with Crippen LogP contribution in [0.2, 0.25) is 0 Å². The van der Waals surface area contributed by atoms with Crippen LogP contribution >= 0.6 is 0 Å². The number of hydrogen-bond donors (Lipinski definition) is 1. The highest BCUT2D eigenvalue weighted by Gasteiger charge is 2.27. The first-order valence-corrected chi connectivity index (χ1v) is 7.77. The molecule has 1 aromatic carbocycles. The molecule has 3 heterocycles. The van der Waals surface area contributed by atoms with Crippen molar-refractivity contribution in [1.29, 1.82) is 0 Å². The van der Waals surface area contributed by atoms with E-state index in [1.165, 1.54) is 34.1 Å². The molecular weight excluding hydrogens is 264 g/mol. The Hall–Kier alpha value is -1.97. The second-order valence-electron chi connectivity index (χ2n) is 6.28. The van der Waals surface area contributed by atoms with Crippen LogP contribution in [0.1, 0.15) is 36.1 Å². The molecule has 1 atom stereocenters. The Morgan fingerprint density at radius 1 is 1.24 bits per heavy atom. The maximum atomic E-state index is 11.2. The summed E-state index contributed by atoms with van der Waals surface area (Å²) in [4.78, 5) is 12.8. The maximum Gasteiger partial charge on any atom is 0.407 e. The first-order valence-electron chi connectivity index (χ1n) is 7.77. The summed E-state index contributed by atoms with van der Waals surface area (Å²) in [6, 6.07) is 6.62. The van der Waals surface area contributed by atoms with E-state index in [4.69, 9.17) is 0 Å². The molecule has 0 fully saturated rings. The molecule has 0 spiro atoms. The van der Waals surface area contributed by atoms with E-state index in [0.717, 1.165) is 19.4 Å². The summed E-state index contributed by atoms with van der Waals surface area (Å²) in [7, 11) is 0. The number of para-hydroxylation sites is 1. The normalized spacial score (nSPS) is 21.2. The molecule has 0 bridgehead atoms. The van der Waals surface area contributed by atoms with E-state index in [1.54, 1.807) is 4.90 Å². The number of carbonyl (C=O) groups is 1. The van der Waals surface area contributed by atoms with Crippen molar-refractivity contribution in [2.75, 3.05) is 13.1 Å². The molecule has 2 aliphatic rings. The SMILES string of the molecule is CC1CCn2c3c(c4cccc1c42)CCN(C(=O)O)CC3. The molecule has 4 heteroatoms. The van der Waals surface area contributed by atoms with Crippen molar-refractivity contribution in [3.05, 3.63) is 35.0 Å². The number of carboxylic acid groups (broad SMARTS) is 1. The summed E-state index contributed by atoms with van der Waals surface area (Å²) in [6.07, 6.45) is 2.06. The van der Waals surface area contributed by atoms with Crippen LogP contribution in [-0.2, 0) is 19.4 Å². The zero-order valence-electron chi connectivity index (χ0n) is 12.3. The third-order valence-corrected chi connectivity index (χ3v) is 5.17. The number of hydrogen-bond acceptors (Lipinski definition) is 1. The highest BCUT2D eigenvalue weighted by Crippen LogP contribution is 2.38. The fourth-order valence-corrected chi connectivity index (χ4v) is 4.04. The minimum absolute atomic E-state index is 0.612. The summed E-state index contributed by atoms with van der Waals surface area (Å²) in [6.45, 7) is 4.60. The van der Waals surface area contributed by atoms with Gasteiger partial charge in [0.1, 0.15) is 0 Å². The molecule has 1 aromatic heterocycles. The Labute approximate surface area is 124 Å². The molecule has 4 rings (SSSR count). The van der Waals surface area contributed by atoms with E-state index in [-0.39, 0.29) is 0 Å². The number of fused-ring (bicyclic) bond motifs is 3. The van der Waals surface area contributed by atoms with E-state index >= 15 is 0 Å². The zero-order valence-corrected chi connectivity index (χ0v) is 12.3. The highest BCUT2D eigenvalue weighted by molar-refractivity contribution is 5.89. The van der Waals surface area contributed by atoms with Crippen LogP contribution in [-0.4, -0.2) is 33.8 Å². The van der Waals surface area contributed by atoms with E-state index in [9.17, 15) is 9.90 Å². The van der Waals surface area contributed by atoms with Gasteiger partial charge in [0, 0.05) is 37.1 Å². The van der Waals surface area contributed by atoms with Gasteiger partial charge in [0.15, 0.2) is 0 Å². The van der Waals surface area contributed by atoms with Gasteiger partial charge in [-0.1, -0.05) is 25.1 Å². The standard InChI is InChI=1S/C17H20N2O2/c1-11-5-10-19-15-7-9-18(17(20)21)8-6-13(15)14-4-2-3-12(11)16(14)19/h2-4,11H,5-10H2,1H3,(H,20,21). The van der Waals surface area contributed by atoms with Crippen LogP contribution in [0.15, 0.2) is 18.2 Å². The number of nitrogens with zero attached hydrogens (tertiary/aromatic N) is 2. The van der Waals surface area contributed by atoms with Gasteiger partial charge in [-0.15, -0.1) is 0 Å². The molecule has 0 radical (unpaired) electrons. The van der Waals surface area contributed by atoms with E-state index in [2.05, 4.69) is 29.7 Å². The Morgan fingerprint density at radius 3 is 2.86 bits per heavy atom. The predicted molar refractivity (Wildman–Crippen MR) is 82.0 cm³/mol. The third-order valence-electron chi connectivity index (χ3n) is 5.17. The smallest absolute Gasteiger partial charge is 0.407 e. The van der Waals surface area contributed by atoms with Gasteiger partial charge in [0.2, 0.25) is 0 Å². The van der Waals surface area contributed by atoms with Crippen molar-refractivity contribution in [3.63, 3.8) is 0 Å². The molecule has 1 amide bonds. The number of amides is 1. The van der Waals surface area contributed by atoms with Crippen LogP contribution in [0.25, 0.3) is 10.9 Å². The Bertz CT molecular complexity index is 732. The van der Waals surface area contributed by atoms with Gasteiger partial charge in [0.25, 0.3) is 0 Å². The van der Waals surface area contributed by atoms with Crippen LogP contribution in [0.3, 0.4) is 0 Å². The average molecular weight is 284 g/mol. The molecule has 2 aromatic rings. The van der Waals surface area contributed by atoms with Gasteiger partial charge in [-0.25, -0.2) is 4.79 Å². The fraction of sp³-hybridized carbons (Fsp3) is 0.471. The second-order valence-corrected chi connectivity index (χ2v) is 6.28. The first-order chi connectivity index (χ1) is 10.2. The lowest BCUT2D eigenvalue weighted by Crippen LogP contribution is -2.32. The van der Waals surface area contributed by atoms with Crippen molar-refractivity contribution in [1.82, 2.24) is 9.47 Å². The Balaban J connectivity index is 1.89. The molecule has 1 N–H and O–H groups in total.